The van der Waals surface area contributed by atoms with Crippen molar-refractivity contribution in [2.45, 2.75) is 31.8 Å². The number of hydrogen-bond acceptors (Lipinski definition) is 7. The van der Waals surface area contributed by atoms with Gasteiger partial charge in [-0.1, -0.05) is 30.3 Å². The third-order valence-electron chi connectivity index (χ3n) is 7.41. The molecule has 0 radical (unpaired) electrons. The molecule has 198 valence electrons. The van der Waals surface area contributed by atoms with Crippen molar-refractivity contribution in [2.24, 2.45) is 7.05 Å². The topological polar surface area (TPSA) is 120 Å². The Balaban J connectivity index is 1.36. The van der Waals surface area contributed by atoms with Gasteiger partial charge in [-0.15, -0.1) is 0 Å². The number of hydrogen-bond donors (Lipinski definition) is 3. The Morgan fingerprint density at radius 2 is 1.87 bits per heavy atom. The third-order valence-corrected chi connectivity index (χ3v) is 7.41. The summed E-state index contributed by atoms with van der Waals surface area (Å²) in [6, 6.07) is 14.2. The van der Waals surface area contributed by atoms with Gasteiger partial charge in [-0.05, 0) is 49.1 Å². The first-order valence-corrected chi connectivity index (χ1v) is 12.4. The summed E-state index contributed by atoms with van der Waals surface area (Å²) in [5.41, 5.74) is 0.207. The number of para-hydroxylation sites is 1. The van der Waals surface area contributed by atoms with E-state index in [1.54, 1.807) is 19.1 Å². The lowest BCUT2D eigenvalue weighted by molar-refractivity contribution is -0.124. The number of nitrogens with zero attached hydrogens (tertiary/aromatic N) is 4. The van der Waals surface area contributed by atoms with E-state index in [4.69, 9.17) is 0 Å². The molecule has 0 unspecified atom stereocenters. The molecule has 3 heterocycles. The zero-order valence-corrected chi connectivity index (χ0v) is 21.2. The minimum absolute atomic E-state index is 0.0374. The highest BCUT2D eigenvalue weighted by Crippen LogP contribution is 2.37. The first-order chi connectivity index (χ1) is 18.2. The quantitative estimate of drug-likeness (QED) is 0.469. The summed E-state index contributed by atoms with van der Waals surface area (Å²) in [5.74, 6) is -1.62. The lowest BCUT2D eigenvalue weighted by Crippen LogP contribution is -2.57. The molecule has 10 nitrogen and oxygen atoms in total. The molecule has 2 fully saturated rings. The zero-order chi connectivity index (χ0) is 27.0. The van der Waals surface area contributed by atoms with Crippen LogP contribution in [0.4, 0.5) is 16.0 Å². The van der Waals surface area contributed by atoms with Crippen molar-refractivity contribution in [1.82, 2.24) is 20.2 Å². The van der Waals surface area contributed by atoms with Gasteiger partial charge in [0.1, 0.15) is 11.4 Å². The van der Waals surface area contributed by atoms with Gasteiger partial charge in [0.25, 0.3) is 11.5 Å². The van der Waals surface area contributed by atoms with Crippen LogP contribution in [-0.2, 0) is 18.4 Å². The molecular formula is C27H29FN6O4. The number of aromatic hydroxyl groups is 1. The van der Waals surface area contributed by atoms with Gasteiger partial charge in [0, 0.05) is 32.4 Å². The summed E-state index contributed by atoms with van der Waals surface area (Å²) >= 11 is 0. The number of carbonyl (C=O) groups excluding carboxylic acids is 2. The first kappa shape index (κ1) is 25.2. The first-order valence-electron chi connectivity index (χ1n) is 12.4. The van der Waals surface area contributed by atoms with Crippen molar-refractivity contribution in [2.75, 3.05) is 29.6 Å². The molecule has 11 heteroatoms. The lowest BCUT2D eigenvalue weighted by atomic mass is 9.85. The van der Waals surface area contributed by atoms with Crippen LogP contribution in [0.25, 0.3) is 0 Å². The SMILES string of the molecule is Cc1cc(CNC(=O)c2nc(N3CCC4(CC3)C(=O)NCN4c3ccccc3)n(C)c(=O)c2O)ccc1F. The molecule has 2 saturated heterocycles. The van der Waals surface area contributed by atoms with E-state index in [9.17, 15) is 23.9 Å². The number of nitrogens with one attached hydrogen (secondary N) is 2. The van der Waals surface area contributed by atoms with Crippen molar-refractivity contribution in [3.05, 3.63) is 81.5 Å². The molecule has 2 amide bonds. The van der Waals surface area contributed by atoms with E-state index in [0.717, 1.165) is 5.69 Å². The Labute approximate surface area is 218 Å². The molecular weight excluding hydrogens is 491 g/mol. The van der Waals surface area contributed by atoms with Crippen molar-refractivity contribution in [3.8, 4) is 5.75 Å². The summed E-state index contributed by atoms with van der Waals surface area (Å²) in [6.07, 6.45) is 0.964. The Kier molecular flexibility index (Phi) is 6.52. The summed E-state index contributed by atoms with van der Waals surface area (Å²) in [6.45, 7) is 2.94. The van der Waals surface area contributed by atoms with E-state index in [1.165, 1.54) is 17.7 Å². The van der Waals surface area contributed by atoms with E-state index in [2.05, 4.69) is 20.5 Å². The number of aromatic nitrogens is 2. The van der Waals surface area contributed by atoms with Crippen molar-refractivity contribution in [3.63, 3.8) is 0 Å². The van der Waals surface area contributed by atoms with Gasteiger partial charge in [-0.2, -0.15) is 0 Å². The minimum atomic E-state index is -0.748. The predicted octanol–water partition coefficient (Wildman–Crippen LogP) is 1.80. The molecule has 3 aromatic rings. The molecule has 2 aromatic carbocycles. The second-order valence-electron chi connectivity index (χ2n) is 9.69. The van der Waals surface area contributed by atoms with Gasteiger partial charge in [-0.3, -0.25) is 19.0 Å². The second-order valence-corrected chi connectivity index (χ2v) is 9.69. The van der Waals surface area contributed by atoms with Crippen LogP contribution >= 0.6 is 0 Å². The van der Waals surface area contributed by atoms with Crippen molar-refractivity contribution < 1.29 is 19.1 Å². The van der Waals surface area contributed by atoms with Crippen LogP contribution in [0, 0.1) is 12.7 Å². The molecule has 0 atom stereocenters. The molecule has 0 saturated carbocycles. The average Bonchev–Trinajstić information content (AvgIpc) is 3.24. The molecule has 38 heavy (non-hydrogen) atoms. The van der Waals surface area contributed by atoms with Gasteiger partial charge in [0.15, 0.2) is 5.69 Å². The van der Waals surface area contributed by atoms with Gasteiger partial charge in [0.05, 0.1) is 6.67 Å². The van der Waals surface area contributed by atoms with Gasteiger partial charge >= 0.3 is 0 Å². The lowest BCUT2D eigenvalue weighted by Gasteiger charge is -2.43. The monoisotopic (exact) mass is 520 g/mol. The number of carbonyl (C=O) groups is 2. The fourth-order valence-corrected chi connectivity index (χ4v) is 5.21. The average molecular weight is 521 g/mol. The molecule has 1 aromatic heterocycles. The Bertz CT molecular complexity index is 1450. The van der Waals surface area contributed by atoms with Crippen LogP contribution in [0.2, 0.25) is 0 Å². The summed E-state index contributed by atoms with van der Waals surface area (Å²) < 4.78 is 14.8. The van der Waals surface area contributed by atoms with Crippen LogP contribution in [0.5, 0.6) is 5.75 Å². The Morgan fingerprint density at radius 3 is 2.55 bits per heavy atom. The van der Waals surface area contributed by atoms with Gasteiger partial charge in [0.2, 0.25) is 17.6 Å². The van der Waals surface area contributed by atoms with E-state index >= 15 is 0 Å². The molecule has 0 bridgehead atoms. The van der Waals surface area contributed by atoms with E-state index in [-0.39, 0.29) is 29.9 Å². The van der Waals surface area contributed by atoms with E-state index in [0.29, 0.717) is 43.7 Å². The summed E-state index contributed by atoms with van der Waals surface area (Å²) in [7, 11) is 1.48. The predicted molar refractivity (Wildman–Crippen MR) is 140 cm³/mol. The maximum absolute atomic E-state index is 13.5. The van der Waals surface area contributed by atoms with E-state index in [1.807, 2.05) is 35.2 Å². The molecule has 2 aliphatic rings. The molecule has 2 aliphatic heterocycles. The third kappa shape index (κ3) is 4.33. The highest BCUT2D eigenvalue weighted by Gasteiger charge is 2.50. The Morgan fingerprint density at radius 1 is 1.16 bits per heavy atom. The van der Waals surface area contributed by atoms with Crippen LogP contribution in [0.1, 0.15) is 34.5 Å². The molecule has 0 aliphatic carbocycles. The molecule has 1 spiro atoms. The maximum atomic E-state index is 13.5. The fourth-order valence-electron chi connectivity index (χ4n) is 5.21. The van der Waals surface area contributed by atoms with Gasteiger partial charge < -0.3 is 25.5 Å². The van der Waals surface area contributed by atoms with Gasteiger partial charge in [-0.25, -0.2) is 9.37 Å². The minimum Gasteiger partial charge on any atom is -0.501 e. The zero-order valence-electron chi connectivity index (χ0n) is 21.2. The number of benzene rings is 2. The summed E-state index contributed by atoms with van der Waals surface area (Å²) in [5, 5.41) is 16.0. The highest BCUT2D eigenvalue weighted by atomic mass is 19.1. The largest absolute Gasteiger partial charge is 0.501 e. The van der Waals surface area contributed by atoms with Crippen molar-refractivity contribution in [1.29, 1.82) is 0 Å². The second kappa shape index (κ2) is 9.81. The highest BCUT2D eigenvalue weighted by molar-refractivity contribution is 5.95. The number of rotatable bonds is 5. The molecule has 5 rings (SSSR count). The normalized spacial score (nSPS) is 16.6. The number of aryl methyl sites for hydroxylation is 1. The van der Waals surface area contributed by atoms with Crippen LogP contribution in [0.3, 0.4) is 0 Å². The van der Waals surface area contributed by atoms with Crippen LogP contribution in [-0.4, -0.2) is 51.8 Å². The fraction of sp³-hybridized carbons (Fsp3) is 0.333. The maximum Gasteiger partial charge on any atom is 0.297 e. The number of piperidine rings is 1. The smallest absolute Gasteiger partial charge is 0.297 e. The number of anilines is 2. The van der Waals surface area contributed by atoms with Crippen molar-refractivity contribution >= 4 is 23.5 Å². The van der Waals surface area contributed by atoms with E-state index < -0.39 is 22.8 Å². The summed E-state index contributed by atoms with van der Waals surface area (Å²) in [4.78, 5) is 47.0. The standard InChI is InChI=1S/C27H29FN6O4/c1-17-14-18(8-9-20(17)28)15-29-23(36)21-22(35)24(37)32(2)26(31-21)33-12-10-27(11-13-33)25(38)30-16-34(27)19-6-4-3-5-7-19/h3-9,14,35H,10-13,15-16H2,1-2H3,(H,29,36)(H,30,38). The van der Waals surface area contributed by atoms with Crippen LogP contribution < -0.4 is 26.0 Å². The number of amides is 2. The van der Waals surface area contributed by atoms with Crippen LogP contribution in [0.15, 0.2) is 53.3 Å². The Hall–Kier alpha value is -4.41. The number of halogens is 1. The molecule has 3 N–H and O–H groups in total.